The highest BCUT2D eigenvalue weighted by atomic mass is 16.5. The Kier molecular flexibility index (Phi) is 6.98. The van der Waals surface area contributed by atoms with Crippen LogP contribution in [-0.4, -0.2) is 38.0 Å². The van der Waals surface area contributed by atoms with Gasteiger partial charge in [-0.1, -0.05) is 6.42 Å². The van der Waals surface area contributed by atoms with Gasteiger partial charge in [-0.05, 0) is 51.1 Å². The Hall–Kier alpha value is -0.120. The van der Waals surface area contributed by atoms with Crippen LogP contribution in [0.5, 0.6) is 0 Å². The van der Waals surface area contributed by atoms with Gasteiger partial charge in [0.05, 0.1) is 6.10 Å². The maximum atomic E-state index is 9.51. The summed E-state index contributed by atoms with van der Waals surface area (Å²) in [5.41, 5.74) is 0. The fourth-order valence-corrected chi connectivity index (χ4v) is 2.25. The van der Waals surface area contributed by atoms with Crippen molar-refractivity contribution in [1.29, 1.82) is 0 Å². The van der Waals surface area contributed by atoms with Gasteiger partial charge in [0.15, 0.2) is 0 Å². The van der Waals surface area contributed by atoms with Gasteiger partial charge in [0, 0.05) is 13.7 Å². The minimum absolute atomic E-state index is 0.0426. The predicted octanol–water partition coefficient (Wildman–Crippen LogP) is 1.55. The number of hydrogen-bond donors (Lipinski definition) is 2. The Morgan fingerprint density at radius 1 is 1.33 bits per heavy atom. The van der Waals surface area contributed by atoms with Crippen molar-refractivity contribution in [3.05, 3.63) is 0 Å². The van der Waals surface area contributed by atoms with E-state index in [0.717, 1.165) is 39.0 Å². The normalized spacial score (nSPS) is 26.8. The molecule has 1 rings (SSSR count). The quantitative estimate of drug-likeness (QED) is 0.633. The van der Waals surface area contributed by atoms with Crippen molar-refractivity contribution in [3.63, 3.8) is 0 Å². The molecule has 2 unspecified atom stereocenters. The molecule has 3 heteroatoms. The molecule has 2 atom stereocenters. The number of rotatable bonds is 7. The largest absolute Gasteiger partial charge is 0.393 e. The average Bonchev–Trinajstić information content (AvgIpc) is 2.23. The Morgan fingerprint density at radius 3 is 2.93 bits per heavy atom. The predicted molar refractivity (Wildman–Crippen MR) is 61.9 cm³/mol. The van der Waals surface area contributed by atoms with Crippen LogP contribution in [0.3, 0.4) is 0 Å². The van der Waals surface area contributed by atoms with E-state index in [1.807, 2.05) is 0 Å². The number of aliphatic hydroxyl groups is 1. The Balaban J connectivity index is 1.90. The number of methoxy groups -OCH3 is 1. The molecule has 0 heterocycles. The van der Waals surface area contributed by atoms with Crippen molar-refractivity contribution in [3.8, 4) is 0 Å². The molecule has 0 radical (unpaired) electrons. The lowest BCUT2D eigenvalue weighted by atomic mass is 9.87. The zero-order valence-corrected chi connectivity index (χ0v) is 9.87. The van der Waals surface area contributed by atoms with Gasteiger partial charge < -0.3 is 15.2 Å². The molecular weight excluding hydrogens is 190 g/mol. The van der Waals surface area contributed by atoms with Crippen molar-refractivity contribution in [1.82, 2.24) is 5.32 Å². The summed E-state index contributed by atoms with van der Waals surface area (Å²) in [4.78, 5) is 0. The maximum Gasteiger partial charge on any atom is 0.0543 e. The van der Waals surface area contributed by atoms with Crippen molar-refractivity contribution >= 4 is 0 Å². The van der Waals surface area contributed by atoms with E-state index < -0.39 is 0 Å². The molecule has 1 aliphatic rings. The van der Waals surface area contributed by atoms with Crippen LogP contribution in [0.2, 0.25) is 0 Å². The van der Waals surface area contributed by atoms with Gasteiger partial charge in [-0.2, -0.15) is 0 Å². The van der Waals surface area contributed by atoms with Gasteiger partial charge in [0.2, 0.25) is 0 Å². The first-order valence-corrected chi connectivity index (χ1v) is 6.20. The van der Waals surface area contributed by atoms with Crippen molar-refractivity contribution in [2.24, 2.45) is 5.92 Å². The first kappa shape index (κ1) is 12.9. The van der Waals surface area contributed by atoms with Gasteiger partial charge in [0.25, 0.3) is 0 Å². The molecule has 90 valence electrons. The van der Waals surface area contributed by atoms with E-state index in [2.05, 4.69) is 5.32 Å². The summed E-state index contributed by atoms with van der Waals surface area (Å²) >= 11 is 0. The topological polar surface area (TPSA) is 41.5 Å². The molecular formula is C12H25NO2. The second kappa shape index (κ2) is 8.08. The zero-order chi connectivity index (χ0) is 10.9. The van der Waals surface area contributed by atoms with E-state index in [0.29, 0.717) is 5.92 Å². The van der Waals surface area contributed by atoms with Crippen LogP contribution in [0.4, 0.5) is 0 Å². The molecule has 0 amide bonds. The lowest BCUT2D eigenvalue weighted by Crippen LogP contribution is -2.29. The van der Waals surface area contributed by atoms with E-state index >= 15 is 0 Å². The summed E-state index contributed by atoms with van der Waals surface area (Å²) in [6.45, 7) is 3.02. The molecule has 0 aromatic carbocycles. The van der Waals surface area contributed by atoms with Gasteiger partial charge in [-0.15, -0.1) is 0 Å². The molecule has 0 saturated heterocycles. The van der Waals surface area contributed by atoms with Crippen LogP contribution in [0.1, 0.15) is 38.5 Å². The molecule has 0 aliphatic heterocycles. The monoisotopic (exact) mass is 215 g/mol. The van der Waals surface area contributed by atoms with Crippen LogP contribution in [0, 0.1) is 5.92 Å². The Morgan fingerprint density at radius 2 is 2.20 bits per heavy atom. The van der Waals surface area contributed by atoms with Gasteiger partial charge in [-0.3, -0.25) is 0 Å². The third-order valence-electron chi connectivity index (χ3n) is 3.14. The average molecular weight is 215 g/mol. The molecule has 3 nitrogen and oxygen atoms in total. The molecule has 2 N–H and O–H groups in total. The number of unbranched alkanes of at least 4 members (excludes halogenated alkanes) is 1. The van der Waals surface area contributed by atoms with E-state index in [1.54, 1.807) is 7.11 Å². The second-order valence-electron chi connectivity index (χ2n) is 4.59. The van der Waals surface area contributed by atoms with Crippen LogP contribution in [-0.2, 0) is 4.74 Å². The summed E-state index contributed by atoms with van der Waals surface area (Å²) in [7, 11) is 1.75. The first-order chi connectivity index (χ1) is 7.33. The minimum Gasteiger partial charge on any atom is -0.393 e. The molecule has 1 saturated carbocycles. The fourth-order valence-electron chi connectivity index (χ4n) is 2.25. The fraction of sp³-hybridized carbons (Fsp3) is 1.00. The lowest BCUT2D eigenvalue weighted by molar-refractivity contribution is 0.101. The SMILES string of the molecule is COCCCCNCC1CCCC(O)C1. The van der Waals surface area contributed by atoms with Gasteiger partial charge >= 0.3 is 0 Å². The van der Waals surface area contributed by atoms with E-state index in [-0.39, 0.29) is 6.10 Å². The highest BCUT2D eigenvalue weighted by Crippen LogP contribution is 2.23. The summed E-state index contributed by atoms with van der Waals surface area (Å²) in [5.74, 6) is 0.691. The van der Waals surface area contributed by atoms with E-state index in [1.165, 1.54) is 19.3 Å². The highest BCUT2D eigenvalue weighted by molar-refractivity contribution is 4.73. The van der Waals surface area contributed by atoms with Crippen molar-refractivity contribution in [2.45, 2.75) is 44.6 Å². The molecule has 0 aromatic heterocycles. The molecule has 0 bridgehead atoms. The number of aliphatic hydroxyl groups excluding tert-OH is 1. The first-order valence-electron chi connectivity index (χ1n) is 6.20. The molecule has 1 fully saturated rings. The molecule has 0 spiro atoms. The summed E-state index contributed by atoms with van der Waals surface area (Å²) < 4.78 is 4.99. The van der Waals surface area contributed by atoms with Crippen molar-refractivity contribution in [2.75, 3.05) is 26.8 Å². The summed E-state index contributed by atoms with van der Waals surface area (Å²) in [6, 6.07) is 0. The number of nitrogens with one attached hydrogen (secondary N) is 1. The Bertz CT molecular complexity index is 153. The third kappa shape index (κ3) is 6.13. The zero-order valence-electron chi connectivity index (χ0n) is 9.87. The molecule has 15 heavy (non-hydrogen) atoms. The second-order valence-corrected chi connectivity index (χ2v) is 4.59. The third-order valence-corrected chi connectivity index (χ3v) is 3.14. The van der Waals surface area contributed by atoms with E-state index in [4.69, 9.17) is 4.74 Å². The summed E-state index contributed by atoms with van der Waals surface area (Å²) in [6.07, 6.45) is 6.74. The molecule has 1 aliphatic carbocycles. The van der Waals surface area contributed by atoms with Gasteiger partial charge in [-0.25, -0.2) is 0 Å². The van der Waals surface area contributed by atoms with Crippen LogP contribution < -0.4 is 5.32 Å². The van der Waals surface area contributed by atoms with Gasteiger partial charge in [0.1, 0.15) is 0 Å². The summed E-state index contributed by atoms with van der Waals surface area (Å²) in [5, 5.41) is 13.0. The van der Waals surface area contributed by atoms with Crippen LogP contribution in [0.25, 0.3) is 0 Å². The van der Waals surface area contributed by atoms with Crippen LogP contribution in [0.15, 0.2) is 0 Å². The smallest absolute Gasteiger partial charge is 0.0543 e. The standard InChI is InChI=1S/C12H25NO2/c1-15-8-3-2-7-13-10-11-5-4-6-12(14)9-11/h11-14H,2-10H2,1H3. The Labute approximate surface area is 93.2 Å². The maximum absolute atomic E-state index is 9.51. The highest BCUT2D eigenvalue weighted by Gasteiger charge is 2.19. The molecule has 0 aromatic rings. The van der Waals surface area contributed by atoms with E-state index in [9.17, 15) is 5.11 Å². The lowest BCUT2D eigenvalue weighted by Gasteiger charge is -2.25. The number of ether oxygens (including phenoxy) is 1. The van der Waals surface area contributed by atoms with Crippen LogP contribution >= 0.6 is 0 Å². The number of hydrogen-bond acceptors (Lipinski definition) is 3. The minimum atomic E-state index is -0.0426. The van der Waals surface area contributed by atoms with Crippen molar-refractivity contribution < 1.29 is 9.84 Å².